The smallest absolute Gasteiger partial charge is 0.254 e. The molecule has 4 nitrogen and oxygen atoms in total. The molecule has 2 fully saturated rings. The number of hydrogen-bond acceptors (Lipinski definition) is 3. The normalized spacial score (nSPS) is 23.6. The lowest BCUT2D eigenvalue weighted by Gasteiger charge is -2.34. The lowest BCUT2D eigenvalue weighted by Crippen LogP contribution is -2.44. The summed E-state index contributed by atoms with van der Waals surface area (Å²) in [5.74, 6) is 0.203. The van der Waals surface area contributed by atoms with Gasteiger partial charge in [0.25, 0.3) is 5.91 Å². The number of carbonyl (C=O) groups is 1. The van der Waals surface area contributed by atoms with E-state index in [0.717, 1.165) is 63.4 Å². The monoisotopic (exact) mass is 316 g/mol. The molecule has 0 N–H and O–H groups in total. The lowest BCUT2D eigenvalue weighted by atomic mass is 10.0. The number of aryl methyl sites for hydroxylation is 1. The molecule has 0 aliphatic carbocycles. The van der Waals surface area contributed by atoms with Crippen LogP contribution in [0.25, 0.3) is 0 Å². The van der Waals surface area contributed by atoms with E-state index in [1.165, 1.54) is 12.0 Å². The molecule has 1 aromatic carbocycles. The van der Waals surface area contributed by atoms with Gasteiger partial charge in [0.2, 0.25) is 0 Å². The number of rotatable bonds is 2. The van der Waals surface area contributed by atoms with Crippen molar-refractivity contribution in [3.8, 4) is 0 Å². The van der Waals surface area contributed by atoms with Gasteiger partial charge in [-0.25, -0.2) is 0 Å². The van der Waals surface area contributed by atoms with Crippen molar-refractivity contribution >= 4 is 5.91 Å². The fourth-order valence-electron chi connectivity index (χ4n) is 3.74. The maximum Gasteiger partial charge on any atom is 0.254 e. The molecule has 2 heterocycles. The number of morpholine rings is 1. The standard InChI is InChI=1S/C19H28N2O2/c1-15-5-3-7-18(16(15)2)19(22)21-9-4-6-17(8-10-21)20-11-13-23-14-12-20/h3,5,7,17H,4,6,8-14H2,1-2H3/t17-/m1/s1. The van der Waals surface area contributed by atoms with E-state index in [1.54, 1.807) is 0 Å². The summed E-state index contributed by atoms with van der Waals surface area (Å²) in [5, 5.41) is 0. The number of nitrogens with zero attached hydrogens (tertiary/aromatic N) is 2. The van der Waals surface area contributed by atoms with Crippen LogP contribution in [0.15, 0.2) is 18.2 Å². The maximum absolute atomic E-state index is 12.9. The second kappa shape index (κ2) is 7.45. The minimum Gasteiger partial charge on any atom is -0.379 e. The van der Waals surface area contributed by atoms with Gasteiger partial charge >= 0.3 is 0 Å². The van der Waals surface area contributed by atoms with Crippen molar-refractivity contribution in [2.45, 2.75) is 39.2 Å². The van der Waals surface area contributed by atoms with Crippen LogP contribution in [0.1, 0.15) is 40.7 Å². The molecule has 0 radical (unpaired) electrons. The van der Waals surface area contributed by atoms with Gasteiger partial charge in [-0.15, -0.1) is 0 Å². The third-order valence-electron chi connectivity index (χ3n) is 5.38. The highest BCUT2D eigenvalue weighted by molar-refractivity contribution is 5.96. The summed E-state index contributed by atoms with van der Waals surface area (Å²) in [5.41, 5.74) is 3.18. The molecule has 0 saturated carbocycles. The first-order valence-corrected chi connectivity index (χ1v) is 8.84. The van der Waals surface area contributed by atoms with Gasteiger partial charge in [0.1, 0.15) is 0 Å². The van der Waals surface area contributed by atoms with E-state index >= 15 is 0 Å². The van der Waals surface area contributed by atoms with E-state index in [9.17, 15) is 4.79 Å². The quantitative estimate of drug-likeness (QED) is 0.841. The first kappa shape index (κ1) is 16.5. The number of carbonyl (C=O) groups excluding carboxylic acids is 1. The number of amides is 1. The average Bonchev–Trinajstić information content (AvgIpc) is 2.84. The predicted molar refractivity (Wildman–Crippen MR) is 91.9 cm³/mol. The second-order valence-corrected chi connectivity index (χ2v) is 6.77. The van der Waals surface area contributed by atoms with Gasteiger partial charge in [-0.1, -0.05) is 12.1 Å². The van der Waals surface area contributed by atoms with Crippen LogP contribution in [0.3, 0.4) is 0 Å². The molecule has 126 valence electrons. The largest absolute Gasteiger partial charge is 0.379 e. The van der Waals surface area contributed by atoms with Gasteiger partial charge in [0, 0.05) is 37.8 Å². The van der Waals surface area contributed by atoms with Crippen molar-refractivity contribution < 1.29 is 9.53 Å². The van der Waals surface area contributed by atoms with Gasteiger partial charge in [0.15, 0.2) is 0 Å². The summed E-state index contributed by atoms with van der Waals surface area (Å²) in [6, 6.07) is 6.64. The highest BCUT2D eigenvalue weighted by atomic mass is 16.5. The molecule has 0 unspecified atom stereocenters. The lowest BCUT2D eigenvalue weighted by molar-refractivity contribution is 0.0135. The van der Waals surface area contributed by atoms with Crippen LogP contribution >= 0.6 is 0 Å². The first-order valence-electron chi connectivity index (χ1n) is 8.84. The van der Waals surface area contributed by atoms with Crippen molar-refractivity contribution in [1.29, 1.82) is 0 Å². The van der Waals surface area contributed by atoms with Crippen LogP contribution in [-0.2, 0) is 4.74 Å². The third kappa shape index (κ3) is 3.75. The molecule has 23 heavy (non-hydrogen) atoms. The van der Waals surface area contributed by atoms with E-state index < -0.39 is 0 Å². The zero-order valence-electron chi connectivity index (χ0n) is 14.4. The zero-order chi connectivity index (χ0) is 16.2. The van der Waals surface area contributed by atoms with E-state index in [1.807, 2.05) is 12.1 Å². The Hall–Kier alpha value is -1.39. The van der Waals surface area contributed by atoms with Gasteiger partial charge in [-0.3, -0.25) is 9.69 Å². The molecule has 3 rings (SSSR count). The molecule has 2 aliphatic rings. The Bertz CT molecular complexity index is 552. The van der Waals surface area contributed by atoms with Crippen molar-refractivity contribution in [1.82, 2.24) is 9.80 Å². The summed E-state index contributed by atoms with van der Waals surface area (Å²) in [4.78, 5) is 17.5. The topological polar surface area (TPSA) is 32.8 Å². The molecule has 0 aromatic heterocycles. The molecule has 2 aliphatic heterocycles. The van der Waals surface area contributed by atoms with Crippen LogP contribution < -0.4 is 0 Å². The summed E-state index contributed by atoms with van der Waals surface area (Å²) < 4.78 is 5.46. The molecular weight excluding hydrogens is 288 g/mol. The van der Waals surface area contributed by atoms with Crippen molar-refractivity contribution in [2.24, 2.45) is 0 Å². The average molecular weight is 316 g/mol. The van der Waals surface area contributed by atoms with Crippen LogP contribution in [0.4, 0.5) is 0 Å². The van der Waals surface area contributed by atoms with Crippen molar-refractivity contribution in [3.05, 3.63) is 34.9 Å². The van der Waals surface area contributed by atoms with Gasteiger partial charge in [0.05, 0.1) is 13.2 Å². The Kier molecular flexibility index (Phi) is 5.34. The first-order chi connectivity index (χ1) is 11.2. The van der Waals surface area contributed by atoms with Gasteiger partial charge in [-0.2, -0.15) is 0 Å². The van der Waals surface area contributed by atoms with E-state index in [2.05, 4.69) is 29.7 Å². The molecule has 1 aromatic rings. The van der Waals surface area contributed by atoms with Gasteiger partial charge in [-0.05, 0) is 50.3 Å². The summed E-state index contributed by atoms with van der Waals surface area (Å²) >= 11 is 0. The Morgan fingerprint density at radius 1 is 1.09 bits per heavy atom. The fraction of sp³-hybridized carbons (Fsp3) is 0.632. The van der Waals surface area contributed by atoms with Crippen LogP contribution in [0.5, 0.6) is 0 Å². The van der Waals surface area contributed by atoms with Crippen molar-refractivity contribution in [2.75, 3.05) is 39.4 Å². The molecule has 1 amide bonds. The maximum atomic E-state index is 12.9. The minimum absolute atomic E-state index is 0.203. The van der Waals surface area contributed by atoms with Gasteiger partial charge < -0.3 is 9.64 Å². The van der Waals surface area contributed by atoms with E-state index in [-0.39, 0.29) is 5.91 Å². The number of benzene rings is 1. The molecule has 2 saturated heterocycles. The summed E-state index contributed by atoms with van der Waals surface area (Å²) in [7, 11) is 0. The summed E-state index contributed by atoms with van der Waals surface area (Å²) in [6.07, 6.45) is 3.37. The predicted octanol–water partition coefficient (Wildman–Crippen LogP) is 2.63. The second-order valence-electron chi connectivity index (χ2n) is 6.77. The molecule has 1 atom stereocenters. The molecule has 4 heteroatoms. The number of hydrogen-bond donors (Lipinski definition) is 0. The third-order valence-corrected chi connectivity index (χ3v) is 5.38. The Morgan fingerprint density at radius 3 is 2.65 bits per heavy atom. The highest BCUT2D eigenvalue weighted by Crippen LogP contribution is 2.21. The number of likely N-dealkylation sites (tertiary alicyclic amines) is 1. The zero-order valence-corrected chi connectivity index (χ0v) is 14.4. The Balaban J connectivity index is 1.65. The molecule has 0 bridgehead atoms. The highest BCUT2D eigenvalue weighted by Gasteiger charge is 2.26. The Labute approximate surface area is 139 Å². The molecule has 0 spiro atoms. The molecular formula is C19H28N2O2. The van der Waals surface area contributed by atoms with Crippen LogP contribution in [0, 0.1) is 13.8 Å². The van der Waals surface area contributed by atoms with E-state index in [4.69, 9.17) is 4.74 Å². The van der Waals surface area contributed by atoms with Crippen molar-refractivity contribution in [3.63, 3.8) is 0 Å². The Morgan fingerprint density at radius 2 is 1.87 bits per heavy atom. The van der Waals surface area contributed by atoms with E-state index in [0.29, 0.717) is 6.04 Å². The number of ether oxygens (including phenoxy) is 1. The fourth-order valence-corrected chi connectivity index (χ4v) is 3.74. The minimum atomic E-state index is 0.203. The van der Waals surface area contributed by atoms with Crippen LogP contribution in [-0.4, -0.2) is 61.1 Å². The summed E-state index contributed by atoms with van der Waals surface area (Å²) in [6.45, 7) is 9.65. The van der Waals surface area contributed by atoms with Crippen LogP contribution in [0.2, 0.25) is 0 Å². The SMILES string of the molecule is Cc1cccc(C(=O)N2CCC[C@@H](N3CCOCC3)CC2)c1C.